The number of ether oxygens (including phenoxy) is 2. The van der Waals surface area contributed by atoms with Crippen LogP contribution in [0, 0.1) is 10.5 Å². The normalized spacial score (nSPS) is 14.4. The molecule has 0 atom stereocenters. The minimum atomic E-state index is -0.789. The van der Waals surface area contributed by atoms with Gasteiger partial charge in [-0.1, -0.05) is 35.9 Å². The van der Waals surface area contributed by atoms with Crippen molar-refractivity contribution in [3.63, 3.8) is 0 Å². The standard InChI is InChI=1S/C30H27IN2O5/c1-4-6-22-15-21(17-26(37-5-2)27(22)38-18-20-9-11-23(31)12-10-20)16-25-28(34)32-30(36)33(29(25)35)24-13-7-19(3)8-14-24/h4,7-17H,1,5-6,18H2,2-3H3,(H,32,34,36)/b25-16+. The van der Waals surface area contributed by atoms with Gasteiger partial charge in [0, 0.05) is 9.13 Å². The summed E-state index contributed by atoms with van der Waals surface area (Å²) in [5, 5.41) is 2.26. The van der Waals surface area contributed by atoms with Gasteiger partial charge in [-0.25, -0.2) is 9.69 Å². The van der Waals surface area contributed by atoms with Crippen LogP contribution >= 0.6 is 22.6 Å². The Morgan fingerprint density at radius 2 is 1.71 bits per heavy atom. The molecule has 0 bridgehead atoms. The van der Waals surface area contributed by atoms with Gasteiger partial charge >= 0.3 is 6.03 Å². The Morgan fingerprint density at radius 1 is 1.00 bits per heavy atom. The number of benzene rings is 3. The molecule has 1 aliphatic rings. The molecule has 7 nitrogen and oxygen atoms in total. The van der Waals surface area contributed by atoms with Crippen LogP contribution < -0.4 is 19.7 Å². The smallest absolute Gasteiger partial charge is 0.335 e. The summed E-state index contributed by atoms with van der Waals surface area (Å²) in [5.74, 6) is -0.404. The van der Waals surface area contributed by atoms with Crippen LogP contribution in [0.5, 0.6) is 11.5 Å². The topological polar surface area (TPSA) is 84.9 Å². The second-order valence-corrected chi connectivity index (χ2v) is 9.89. The number of nitrogens with zero attached hydrogens (tertiary/aromatic N) is 1. The number of nitrogens with one attached hydrogen (secondary N) is 1. The fourth-order valence-electron chi connectivity index (χ4n) is 3.99. The molecular formula is C30H27IN2O5. The predicted molar refractivity (Wildman–Crippen MR) is 155 cm³/mol. The van der Waals surface area contributed by atoms with Gasteiger partial charge in [0.1, 0.15) is 12.2 Å². The number of rotatable bonds is 9. The maximum absolute atomic E-state index is 13.3. The van der Waals surface area contributed by atoms with E-state index >= 15 is 0 Å². The van der Waals surface area contributed by atoms with Crippen LogP contribution in [-0.4, -0.2) is 24.5 Å². The number of barbiturate groups is 1. The minimum absolute atomic E-state index is 0.162. The van der Waals surface area contributed by atoms with Gasteiger partial charge in [-0.3, -0.25) is 14.9 Å². The number of carbonyl (C=O) groups excluding carboxylic acids is 3. The molecule has 4 rings (SSSR count). The molecular weight excluding hydrogens is 595 g/mol. The second-order valence-electron chi connectivity index (χ2n) is 8.64. The highest BCUT2D eigenvalue weighted by Gasteiger charge is 2.36. The van der Waals surface area contributed by atoms with E-state index in [1.54, 1.807) is 36.4 Å². The zero-order chi connectivity index (χ0) is 27.2. The Balaban J connectivity index is 1.71. The zero-order valence-electron chi connectivity index (χ0n) is 21.1. The minimum Gasteiger partial charge on any atom is -0.490 e. The first-order valence-corrected chi connectivity index (χ1v) is 13.1. The molecule has 1 fully saturated rings. The highest BCUT2D eigenvalue weighted by atomic mass is 127. The lowest BCUT2D eigenvalue weighted by molar-refractivity contribution is -0.122. The van der Waals surface area contributed by atoms with E-state index in [4.69, 9.17) is 9.47 Å². The molecule has 8 heteroatoms. The quantitative estimate of drug-likeness (QED) is 0.138. The van der Waals surface area contributed by atoms with Gasteiger partial charge in [0.25, 0.3) is 11.8 Å². The fraction of sp³-hybridized carbons (Fsp3) is 0.167. The summed E-state index contributed by atoms with van der Waals surface area (Å²) >= 11 is 2.25. The maximum Gasteiger partial charge on any atom is 0.335 e. The molecule has 0 aliphatic carbocycles. The molecule has 0 unspecified atom stereocenters. The third-order valence-electron chi connectivity index (χ3n) is 5.82. The molecule has 38 heavy (non-hydrogen) atoms. The number of urea groups is 1. The predicted octanol–water partition coefficient (Wildman–Crippen LogP) is 5.97. The Bertz CT molecular complexity index is 1410. The molecule has 194 valence electrons. The van der Waals surface area contributed by atoms with Crippen LogP contribution in [0.1, 0.15) is 29.2 Å². The Hall–Kier alpha value is -3.92. The van der Waals surface area contributed by atoms with E-state index < -0.39 is 17.8 Å². The van der Waals surface area contributed by atoms with Gasteiger partial charge < -0.3 is 9.47 Å². The highest BCUT2D eigenvalue weighted by molar-refractivity contribution is 14.1. The lowest BCUT2D eigenvalue weighted by Crippen LogP contribution is -2.54. The third-order valence-corrected chi connectivity index (χ3v) is 6.54. The highest BCUT2D eigenvalue weighted by Crippen LogP contribution is 2.36. The molecule has 0 aromatic heterocycles. The summed E-state index contributed by atoms with van der Waals surface area (Å²) in [7, 11) is 0. The summed E-state index contributed by atoms with van der Waals surface area (Å²) in [6, 6.07) is 17.7. The lowest BCUT2D eigenvalue weighted by atomic mass is 10.0. The SMILES string of the molecule is C=CCc1cc(/C=C2\C(=O)NC(=O)N(c3ccc(C)cc3)C2=O)cc(OCC)c1OCc1ccc(I)cc1. The van der Waals surface area contributed by atoms with E-state index in [1.165, 1.54) is 6.08 Å². The summed E-state index contributed by atoms with van der Waals surface area (Å²) in [6.07, 6.45) is 3.69. The summed E-state index contributed by atoms with van der Waals surface area (Å²) in [4.78, 5) is 39.5. The lowest BCUT2D eigenvalue weighted by Gasteiger charge is -2.26. The molecule has 0 spiro atoms. The van der Waals surface area contributed by atoms with E-state index in [1.807, 2.05) is 44.2 Å². The van der Waals surface area contributed by atoms with E-state index in [2.05, 4.69) is 34.5 Å². The second kappa shape index (κ2) is 12.1. The van der Waals surface area contributed by atoms with Crippen LogP contribution in [0.2, 0.25) is 0 Å². The maximum atomic E-state index is 13.3. The summed E-state index contributed by atoms with van der Waals surface area (Å²) < 4.78 is 13.2. The van der Waals surface area contributed by atoms with Crippen molar-refractivity contribution in [1.29, 1.82) is 0 Å². The summed E-state index contributed by atoms with van der Waals surface area (Å²) in [5.41, 5.74) is 3.55. The number of amides is 4. The van der Waals surface area contributed by atoms with Gasteiger partial charge in [0.15, 0.2) is 11.5 Å². The van der Waals surface area contributed by atoms with Crippen LogP contribution in [0.25, 0.3) is 6.08 Å². The van der Waals surface area contributed by atoms with Gasteiger partial charge in [-0.2, -0.15) is 0 Å². The van der Waals surface area contributed by atoms with E-state index in [0.29, 0.717) is 42.4 Å². The number of halogens is 1. The Kier molecular flexibility index (Phi) is 8.62. The van der Waals surface area contributed by atoms with E-state index in [9.17, 15) is 14.4 Å². The number of aryl methyl sites for hydroxylation is 1. The van der Waals surface area contributed by atoms with Crippen molar-refractivity contribution in [2.45, 2.75) is 26.9 Å². The molecule has 0 radical (unpaired) electrons. The van der Waals surface area contributed by atoms with Crippen LogP contribution in [0.3, 0.4) is 0 Å². The van der Waals surface area contributed by atoms with E-state index in [-0.39, 0.29) is 5.57 Å². The molecule has 4 amide bonds. The number of hydrogen-bond acceptors (Lipinski definition) is 5. The molecule has 0 saturated carbocycles. The first-order chi connectivity index (χ1) is 18.3. The number of anilines is 1. The first-order valence-electron chi connectivity index (χ1n) is 12.1. The van der Waals surface area contributed by atoms with Crippen molar-refractivity contribution in [2.75, 3.05) is 11.5 Å². The molecule has 1 aliphatic heterocycles. The largest absolute Gasteiger partial charge is 0.490 e. The summed E-state index contributed by atoms with van der Waals surface area (Å²) in [6.45, 7) is 8.36. The van der Waals surface area contributed by atoms with Crippen LogP contribution in [0.15, 0.2) is 78.9 Å². The van der Waals surface area contributed by atoms with Gasteiger partial charge in [-0.05, 0) is 96.5 Å². The average molecular weight is 622 g/mol. The molecule has 3 aromatic carbocycles. The number of hydrogen-bond donors (Lipinski definition) is 1. The molecule has 3 aromatic rings. The molecule has 1 N–H and O–H groups in total. The van der Waals surface area contributed by atoms with Gasteiger partial charge in [-0.15, -0.1) is 6.58 Å². The van der Waals surface area contributed by atoms with Gasteiger partial charge in [0.05, 0.1) is 12.3 Å². The van der Waals surface area contributed by atoms with Crippen molar-refractivity contribution in [3.8, 4) is 11.5 Å². The average Bonchev–Trinajstić information content (AvgIpc) is 2.88. The fourth-order valence-corrected chi connectivity index (χ4v) is 4.35. The Labute approximate surface area is 235 Å². The van der Waals surface area contributed by atoms with Crippen molar-refractivity contribution in [1.82, 2.24) is 5.32 Å². The first kappa shape index (κ1) is 27.1. The van der Waals surface area contributed by atoms with Gasteiger partial charge in [0.2, 0.25) is 0 Å². The number of imide groups is 2. The van der Waals surface area contributed by atoms with Crippen molar-refractivity contribution < 1.29 is 23.9 Å². The monoisotopic (exact) mass is 622 g/mol. The molecule has 1 heterocycles. The zero-order valence-corrected chi connectivity index (χ0v) is 23.3. The number of carbonyl (C=O) groups is 3. The van der Waals surface area contributed by atoms with E-state index in [0.717, 1.165) is 25.2 Å². The van der Waals surface area contributed by atoms with Crippen LogP contribution in [0.4, 0.5) is 10.5 Å². The third kappa shape index (κ3) is 6.13. The molecule has 1 saturated heterocycles. The van der Waals surface area contributed by atoms with Crippen molar-refractivity contribution >= 4 is 52.2 Å². The van der Waals surface area contributed by atoms with Crippen LogP contribution in [-0.2, 0) is 22.6 Å². The Morgan fingerprint density at radius 3 is 2.37 bits per heavy atom. The van der Waals surface area contributed by atoms with Crippen molar-refractivity contribution in [2.24, 2.45) is 0 Å². The number of allylic oxidation sites excluding steroid dienone is 1. The van der Waals surface area contributed by atoms with Crippen molar-refractivity contribution in [3.05, 3.63) is 105 Å².